The van der Waals surface area contributed by atoms with Crippen LogP contribution in [0.15, 0.2) is 17.1 Å². The zero-order chi connectivity index (χ0) is 47.1. The molecule has 0 spiro atoms. The van der Waals surface area contributed by atoms with E-state index in [1.54, 1.807) is 0 Å². The molecule has 0 amide bonds. The summed E-state index contributed by atoms with van der Waals surface area (Å²) in [6.07, 6.45) is 23.3. The molecule has 64 heavy (non-hydrogen) atoms. The number of nitrogen functional groups attached to an aromatic ring is 1. The third kappa shape index (κ3) is 26.8. The number of phosphoric ester groups is 2. The Bertz CT molecular complexity index is 1570. The van der Waals surface area contributed by atoms with E-state index in [2.05, 4.69) is 23.1 Å². The van der Waals surface area contributed by atoms with Crippen molar-refractivity contribution in [2.24, 2.45) is 0 Å². The number of hydrogen-bond donors (Lipinski definition) is 5. The van der Waals surface area contributed by atoms with Crippen molar-refractivity contribution >= 4 is 33.4 Å². The molecule has 372 valence electrons. The Labute approximate surface area is 380 Å². The van der Waals surface area contributed by atoms with Crippen LogP contribution in [0.25, 0.3) is 0 Å². The summed E-state index contributed by atoms with van der Waals surface area (Å²) >= 11 is 0. The van der Waals surface area contributed by atoms with Gasteiger partial charge in [0, 0.05) is 19.0 Å². The second-order valence-electron chi connectivity index (χ2n) is 17.0. The molecule has 1 saturated heterocycles. The minimum atomic E-state index is -5.41. The summed E-state index contributed by atoms with van der Waals surface area (Å²) in [5.41, 5.74) is 4.58. The number of unbranched alkanes of at least 4 members (excludes halogenated alkanes) is 24. The van der Waals surface area contributed by atoms with Gasteiger partial charge in [-0.05, 0) is 18.9 Å². The largest absolute Gasteiger partial charge is 0.481 e. The first-order valence-electron chi connectivity index (χ1n) is 24.0. The topological polar surface area (TPSA) is 265 Å². The first-order valence-corrected chi connectivity index (χ1v) is 27.0. The van der Waals surface area contributed by atoms with Gasteiger partial charge >= 0.3 is 33.3 Å². The zero-order valence-electron chi connectivity index (χ0n) is 38.6. The molecule has 1 aromatic heterocycles. The van der Waals surface area contributed by atoms with Crippen LogP contribution in [0.1, 0.15) is 200 Å². The fraction of sp³-hybridized carbons (Fsp3) is 0.864. The van der Waals surface area contributed by atoms with E-state index in [0.717, 1.165) is 55.9 Å². The van der Waals surface area contributed by atoms with Gasteiger partial charge in [0.15, 0.2) is 12.3 Å². The molecule has 1 aliphatic heterocycles. The van der Waals surface area contributed by atoms with E-state index in [9.17, 15) is 43.5 Å². The first-order chi connectivity index (χ1) is 30.7. The maximum absolute atomic E-state index is 12.8. The molecule has 0 saturated carbocycles. The third-order valence-corrected chi connectivity index (χ3v) is 13.8. The number of esters is 2. The van der Waals surface area contributed by atoms with Crippen LogP contribution in [-0.4, -0.2) is 85.7 Å². The number of phosphoric acid groups is 2. The van der Waals surface area contributed by atoms with Crippen molar-refractivity contribution in [2.45, 2.75) is 224 Å². The molecule has 1 aliphatic rings. The maximum Gasteiger partial charge on any atom is 0.481 e. The van der Waals surface area contributed by atoms with E-state index in [0.29, 0.717) is 12.8 Å². The van der Waals surface area contributed by atoms with Crippen LogP contribution in [-0.2, 0) is 46.3 Å². The summed E-state index contributed by atoms with van der Waals surface area (Å²) in [5.74, 6) is -1.28. The highest BCUT2D eigenvalue weighted by molar-refractivity contribution is 7.61. The Hall–Kier alpha value is -2.24. The molecule has 18 nitrogen and oxygen atoms in total. The SMILES string of the molecule is CCCCCCCCCCCCCCCC(=O)OC[C@H](COP(=O)(O)OP(=O)(O)OC[C@H]1O[C@@H](n2ccc(N)nc2=O)[C@@H](O)[C@@H]1O)OC(=O)CCCCCCCCCCCCCCC. The molecule has 6 N–H and O–H groups in total. The molecule has 0 aliphatic carbocycles. The fourth-order valence-corrected chi connectivity index (χ4v) is 9.54. The molecule has 1 aromatic rings. The third-order valence-electron chi connectivity index (χ3n) is 11.2. The average Bonchev–Trinajstić information content (AvgIpc) is 3.52. The zero-order valence-corrected chi connectivity index (χ0v) is 40.4. The normalized spacial score (nSPS) is 19.8. The molecule has 2 heterocycles. The molecular weight excluding hydrogens is 872 g/mol. The van der Waals surface area contributed by atoms with E-state index in [-0.39, 0.29) is 18.7 Å². The van der Waals surface area contributed by atoms with Crippen LogP contribution in [0.4, 0.5) is 5.82 Å². The van der Waals surface area contributed by atoms with Gasteiger partial charge in [0.25, 0.3) is 0 Å². The van der Waals surface area contributed by atoms with Gasteiger partial charge in [-0.15, -0.1) is 0 Å². The van der Waals surface area contributed by atoms with Gasteiger partial charge < -0.3 is 39.9 Å². The lowest BCUT2D eigenvalue weighted by molar-refractivity contribution is -0.161. The van der Waals surface area contributed by atoms with Crippen LogP contribution >= 0.6 is 15.6 Å². The van der Waals surface area contributed by atoms with Crippen LogP contribution in [0.2, 0.25) is 0 Å². The summed E-state index contributed by atoms with van der Waals surface area (Å²) in [5, 5.41) is 20.9. The Kier molecular flexibility index (Phi) is 30.9. The number of nitrogens with zero attached hydrogens (tertiary/aromatic N) is 2. The Morgan fingerprint density at radius 2 is 1.12 bits per heavy atom. The molecule has 0 aromatic carbocycles. The predicted octanol–water partition coefficient (Wildman–Crippen LogP) is 9.11. The minimum absolute atomic E-state index is 0.0578. The second-order valence-corrected chi connectivity index (χ2v) is 20.0. The molecule has 0 bridgehead atoms. The number of carbonyl (C=O) groups is 2. The van der Waals surface area contributed by atoms with Gasteiger partial charge in [0.1, 0.15) is 30.7 Å². The number of nitrogens with two attached hydrogens (primary N) is 1. The number of aliphatic hydroxyl groups is 2. The van der Waals surface area contributed by atoms with Crippen molar-refractivity contribution in [3.05, 3.63) is 22.7 Å². The van der Waals surface area contributed by atoms with E-state index < -0.39 is 83.7 Å². The Balaban J connectivity index is 1.82. The molecule has 7 atom stereocenters. The minimum Gasteiger partial charge on any atom is -0.462 e. The van der Waals surface area contributed by atoms with E-state index in [1.807, 2.05) is 0 Å². The lowest BCUT2D eigenvalue weighted by atomic mass is 10.0. The average molecular weight is 954 g/mol. The van der Waals surface area contributed by atoms with Crippen LogP contribution in [0, 0.1) is 0 Å². The molecule has 2 rings (SSSR count). The number of rotatable bonds is 40. The molecule has 2 unspecified atom stereocenters. The van der Waals surface area contributed by atoms with Gasteiger partial charge in [-0.1, -0.05) is 168 Å². The summed E-state index contributed by atoms with van der Waals surface area (Å²) < 4.78 is 56.7. The van der Waals surface area contributed by atoms with Gasteiger partial charge in [0.05, 0.1) is 13.2 Å². The Morgan fingerprint density at radius 3 is 1.59 bits per heavy atom. The predicted molar refractivity (Wildman–Crippen MR) is 243 cm³/mol. The number of ether oxygens (including phenoxy) is 3. The van der Waals surface area contributed by atoms with Crippen molar-refractivity contribution in [2.75, 3.05) is 25.6 Å². The smallest absolute Gasteiger partial charge is 0.462 e. The highest BCUT2D eigenvalue weighted by Gasteiger charge is 2.46. The highest BCUT2D eigenvalue weighted by atomic mass is 31.3. The lowest BCUT2D eigenvalue weighted by Crippen LogP contribution is -2.36. The number of hydrogen-bond acceptors (Lipinski definition) is 15. The van der Waals surface area contributed by atoms with Crippen LogP contribution in [0.3, 0.4) is 0 Å². The van der Waals surface area contributed by atoms with Crippen LogP contribution in [0.5, 0.6) is 0 Å². The van der Waals surface area contributed by atoms with Gasteiger partial charge in [0.2, 0.25) is 0 Å². The molecule has 0 radical (unpaired) electrons. The summed E-state index contributed by atoms with van der Waals surface area (Å²) in [7, 11) is -10.8. The fourth-order valence-electron chi connectivity index (χ4n) is 7.43. The van der Waals surface area contributed by atoms with E-state index in [4.69, 9.17) is 29.0 Å². The summed E-state index contributed by atoms with van der Waals surface area (Å²) in [6.45, 7) is 2.16. The lowest BCUT2D eigenvalue weighted by Gasteiger charge is -2.21. The second kappa shape index (κ2) is 34.1. The van der Waals surface area contributed by atoms with Crippen LogP contribution < -0.4 is 11.4 Å². The quantitative estimate of drug-likeness (QED) is 0.0233. The molecular formula is C44H81N3O15P2. The standard InChI is InChI=1S/C44H81N3O15P2/c1-3-5-7-9-11-13-15-17-19-21-23-25-27-29-39(48)57-33-36(60-40(49)30-28-26-24-22-20-18-16-14-12-10-8-6-4-2)34-58-63(53,54)62-64(55,56)59-35-37-41(50)42(51)43(61-37)47-32-31-38(45)46-44(47)52/h31-32,36-37,41-43,50-51H,3-30,33-35H2,1-2H3,(H,53,54)(H,55,56)(H2,45,46,52)/t36-,37-,41-,42+,43-/m1/s1. The van der Waals surface area contributed by atoms with Gasteiger partial charge in [-0.3, -0.25) is 23.2 Å². The van der Waals surface area contributed by atoms with E-state index in [1.165, 1.54) is 115 Å². The van der Waals surface area contributed by atoms with Gasteiger partial charge in [-0.2, -0.15) is 9.29 Å². The van der Waals surface area contributed by atoms with E-state index >= 15 is 0 Å². The van der Waals surface area contributed by atoms with Crippen molar-refractivity contribution < 1.29 is 66.3 Å². The number of aromatic nitrogens is 2. The van der Waals surface area contributed by atoms with Crippen molar-refractivity contribution in [3.63, 3.8) is 0 Å². The van der Waals surface area contributed by atoms with Crippen molar-refractivity contribution in [1.82, 2.24) is 9.55 Å². The highest BCUT2D eigenvalue weighted by Crippen LogP contribution is 2.60. The number of aliphatic hydroxyl groups excluding tert-OH is 2. The van der Waals surface area contributed by atoms with Crippen molar-refractivity contribution in [1.29, 1.82) is 0 Å². The maximum atomic E-state index is 12.8. The summed E-state index contributed by atoms with van der Waals surface area (Å²) in [6, 6.07) is 1.25. The monoisotopic (exact) mass is 954 g/mol. The van der Waals surface area contributed by atoms with Gasteiger partial charge in [-0.25, -0.2) is 13.9 Å². The molecule has 1 fully saturated rings. The molecule has 20 heteroatoms. The Morgan fingerprint density at radius 1 is 0.688 bits per heavy atom. The number of anilines is 1. The first kappa shape index (κ1) is 57.9. The summed E-state index contributed by atoms with van der Waals surface area (Å²) in [4.78, 5) is 61.7. The number of carbonyl (C=O) groups excluding carboxylic acids is 2. The van der Waals surface area contributed by atoms with Crippen molar-refractivity contribution in [3.8, 4) is 0 Å².